The van der Waals surface area contributed by atoms with Gasteiger partial charge in [-0.15, -0.1) is 0 Å². The maximum atomic E-state index is 12.8. The molecule has 1 aliphatic rings. The van der Waals surface area contributed by atoms with E-state index in [1.165, 1.54) is 12.8 Å². The summed E-state index contributed by atoms with van der Waals surface area (Å²) in [5.74, 6) is 0.0827. The first-order valence-corrected chi connectivity index (χ1v) is 8.22. The monoisotopic (exact) mass is 308 g/mol. The standard InChI is InChI=1S/C17H25ClN2O/c1-13(14-8-4-5-9-15(14)18)20-16(21)17(12-19)10-6-2-3-7-11-17/h4-5,8-9,13H,2-3,6-7,10-12,19H2,1H3,(H,20,21)/t13-/m1/s1. The Bertz CT molecular complexity index is 481. The fourth-order valence-corrected chi connectivity index (χ4v) is 3.48. The van der Waals surface area contributed by atoms with Gasteiger partial charge in [0.2, 0.25) is 5.91 Å². The third kappa shape index (κ3) is 3.78. The molecule has 0 aliphatic heterocycles. The summed E-state index contributed by atoms with van der Waals surface area (Å²) in [6.45, 7) is 2.40. The van der Waals surface area contributed by atoms with Crippen molar-refractivity contribution in [3.8, 4) is 0 Å². The Morgan fingerprint density at radius 2 is 1.90 bits per heavy atom. The van der Waals surface area contributed by atoms with Crippen LogP contribution >= 0.6 is 11.6 Å². The van der Waals surface area contributed by atoms with E-state index in [4.69, 9.17) is 17.3 Å². The second-order valence-electron chi connectivity index (χ2n) is 6.12. The number of benzene rings is 1. The summed E-state index contributed by atoms with van der Waals surface area (Å²) in [4.78, 5) is 12.8. The van der Waals surface area contributed by atoms with Gasteiger partial charge in [0.05, 0.1) is 11.5 Å². The number of nitrogens with two attached hydrogens (primary N) is 1. The molecular formula is C17H25ClN2O. The van der Waals surface area contributed by atoms with Crippen LogP contribution in [0.15, 0.2) is 24.3 Å². The zero-order valence-corrected chi connectivity index (χ0v) is 13.5. The summed E-state index contributed by atoms with van der Waals surface area (Å²) in [5, 5.41) is 3.81. The van der Waals surface area contributed by atoms with Gasteiger partial charge in [0, 0.05) is 11.6 Å². The molecule has 3 N–H and O–H groups in total. The van der Waals surface area contributed by atoms with E-state index in [1.807, 2.05) is 31.2 Å². The number of amides is 1. The maximum Gasteiger partial charge on any atom is 0.227 e. The molecule has 1 fully saturated rings. The highest BCUT2D eigenvalue weighted by atomic mass is 35.5. The highest BCUT2D eigenvalue weighted by Gasteiger charge is 2.37. The molecule has 116 valence electrons. The molecule has 2 rings (SSSR count). The molecule has 1 saturated carbocycles. The lowest BCUT2D eigenvalue weighted by Gasteiger charge is -2.31. The van der Waals surface area contributed by atoms with E-state index in [9.17, 15) is 4.79 Å². The van der Waals surface area contributed by atoms with Gasteiger partial charge in [-0.05, 0) is 31.4 Å². The molecule has 1 atom stereocenters. The van der Waals surface area contributed by atoms with Crippen molar-refractivity contribution in [2.75, 3.05) is 6.54 Å². The summed E-state index contributed by atoms with van der Waals surface area (Å²) >= 11 is 6.21. The van der Waals surface area contributed by atoms with E-state index in [1.54, 1.807) is 0 Å². The molecule has 0 aromatic heterocycles. The number of rotatable bonds is 4. The minimum atomic E-state index is -0.397. The quantitative estimate of drug-likeness (QED) is 0.831. The lowest BCUT2D eigenvalue weighted by molar-refractivity contribution is -0.132. The predicted molar refractivity (Wildman–Crippen MR) is 87.2 cm³/mol. The van der Waals surface area contributed by atoms with Crippen LogP contribution in [0.3, 0.4) is 0 Å². The molecule has 4 heteroatoms. The molecule has 0 bridgehead atoms. The Morgan fingerprint density at radius 1 is 1.29 bits per heavy atom. The Balaban J connectivity index is 2.10. The van der Waals surface area contributed by atoms with Gasteiger partial charge >= 0.3 is 0 Å². The maximum absolute atomic E-state index is 12.8. The van der Waals surface area contributed by atoms with Gasteiger partial charge in [0.1, 0.15) is 0 Å². The van der Waals surface area contributed by atoms with E-state index in [2.05, 4.69) is 5.32 Å². The molecule has 0 saturated heterocycles. The molecule has 1 aromatic rings. The zero-order valence-electron chi connectivity index (χ0n) is 12.7. The van der Waals surface area contributed by atoms with Crippen molar-refractivity contribution in [2.45, 2.75) is 51.5 Å². The van der Waals surface area contributed by atoms with E-state index in [-0.39, 0.29) is 11.9 Å². The van der Waals surface area contributed by atoms with Crippen LogP contribution < -0.4 is 11.1 Å². The number of carbonyl (C=O) groups is 1. The van der Waals surface area contributed by atoms with E-state index in [0.717, 1.165) is 31.2 Å². The van der Waals surface area contributed by atoms with Crippen molar-refractivity contribution in [2.24, 2.45) is 11.1 Å². The van der Waals surface area contributed by atoms with E-state index in [0.29, 0.717) is 11.6 Å². The van der Waals surface area contributed by atoms with Crippen molar-refractivity contribution < 1.29 is 4.79 Å². The van der Waals surface area contributed by atoms with Crippen LogP contribution in [0.4, 0.5) is 0 Å². The molecule has 21 heavy (non-hydrogen) atoms. The zero-order chi connectivity index (χ0) is 15.3. The lowest BCUT2D eigenvalue weighted by atomic mass is 9.79. The highest BCUT2D eigenvalue weighted by Crippen LogP contribution is 2.35. The van der Waals surface area contributed by atoms with Crippen LogP contribution in [0, 0.1) is 5.41 Å². The van der Waals surface area contributed by atoms with Gasteiger partial charge in [-0.25, -0.2) is 0 Å². The molecule has 0 unspecified atom stereocenters. The van der Waals surface area contributed by atoms with Crippen LogP contribution in [0.25, 0.3) is 0 Å². The predicted octanol–water partition coefficient (Wildman–Crippen LogP) is 3.82. The molecule has 0 radical (unpaired) electrons. The summed E-state index contributed by atoms with van der Waals surface area (Å²) < 4.78 is 0. The Hall–Kier alpha value is -1.06. The summed E-state index contributed by atoms with van der Waals surface area (Å²) in [5.41, 5.74) is 6.52. The summed E-state index contributed by atoms with van der Waals surface area (Å²) in [6, 6.07) is 7.54. The molecule has 0 heterocycles. The Labute approximate surface area is 132 Å². The van der Waals surface area contributed by atoms with Gasteiger partial charge in [0.15, 0.2) is 0 Å². The number of hydrogen-bond donors (Lipinski definition) is 2. The van der Waals surface area contributed by atoms with Gasteiger partial charge in [-0.1, -0.05) is 55.5 Å². The van der Waals surface area contributed by atoms with Crippen molar-refractivity contribution in [1.82, 2.24) is 5.32 Å². The average molecular weight is 309 g/mol. The van der Waals surface area contributed by atoms with Gasteiger partial charge < -0.3 is 11.1 Å². The van der Waals surface area contributed by atoms with Crippen LogP contribution in [-0.2, 0) is 4.79 Å². The largest absolute Gasteiger partial charge is 0.349 e. The van der Waals surface area contributed by atoms with Crippen LogP contribution in [-0.4, -0.2) is 12.5 Å². The average Bonchev–Trinajstić information content (AvgIpc) is 2.74. The normalized spacial score (nSPS) is 19.6. The Kier molecular flexibility index (Phi) is 5.65. The first-order valence-electron chi connectivity index (χ1n) is 7.84. The molecular weight excluding hydrogens is 284 g/mol. The topological polar surface area (TPSA) is 55.1 Å². The van der Waals surface area contributed by atoms with Crippen LogP contribution in [0.2, 0.25) is 5.02 Å². The van der Waals surface area contributed by atoms with E-state index < -0.39 is 5.41 Å². The SMILES string of the molecule is C[C@@H](NC(=O)C1(CN)CCCCCC1)c1ccccc1Cl. The number of halogens is 1. The molecule has 1 amide bonds. The number of carbonyl (C=O) groups excluding carboxylic acids is 1. The molecule has 1 aliphatic carbocycles. The van der Waals surface area contributed by atoms with E-state index >= 15 is 0 Å². The fraction of sp³-hybridized carbons (Fsp3) is 0.588. The highest BCUT2D eigenvalue weighted by molar-refractivity contribution is 6.31. The summed E-state index contributed by atoms with van der Waals surface area (Å²) in [6.07, 6.45) is 6.37. The third-order valence-electron chi connectivity index (χ3n) is 4.65. The second kappa shape index (κ2) is 7.28. The fourth-order valence-electron chi connectivity index (χ4n) is 3.18. The number of hydrogen-bond acceptors (Lipinski definition) is 2. The molecule has 1 aromatic carbocycles. The summed E-state index contributed by atoms with van der Waals surface area (Å²) in [7, 11) is 0. The molecule has 0 spiro atoms. The minimum Gasteiger partial charge on any atom is -0.349 e. The Morgan fingerprint density at radius 3 is 2.48 bits per heavy atom. The van der Waals surface area contributed by atoms with Crippen LogP contribution in [0.1, 0.15) is 57.1 Å². The minimum absolute atomic E-state index is 0.0827. The third-order valence-corrected chi connectivity index (χ3v) is 5.00. The smallest absolute Gasteiger partial charge is 0.227 e. The lowest BCUT2D eigenvalue weighted by Crippen LogP contribution is -2.46. The van der Waals surface area contributed by atoms with Crippen LogP contribution in [0.5, 0.6) is 0 Å². The second-order valence-corrected chi connectivity index (χ2v) is 6.52. The van der Waals surface area contributed by atoms with Crippen molar-refractivity contribution in [1.29, 1.82) is 0 Å². The van der Waals surface area contributed by atoms with Crippen molar-refractivity contribution in [3.05, 3.63) is 34.9 Å². The first-order chi connectivity index (χ1) is 10.1. The first kappa shape index (κ1) is 16.3. The van der Waals surface area contributed by atoms with Gasteiger partial charge in [0.25, 0.3) is 0 Å². The van der Waals surface area contributed by atoms with Gasteiger partial charge in [-0.3, -0.25) is 4.79 Å². The number of nitrogens with one attached hydrogen (secondary N) is 1. The van der Waals surface area contributed by atoms with Gasteiger partial charge in [-0.2, -0.15) is 0 Å². The molecule has 3 nitrogen and oxygen atoms in total. The van der Waals surface area contributed by atoms with Crippen molar-refractivity contribution in [3.63, 3.8) is 0 Å². The van der Waals surface area contributed by atoms with Crippen molar-refractivity contribution >= 4 is 17.5 Å².